The van der Waals surface area contributed by atoms with E-state index in [0.29, 0.717) is 5.76 Å². The quantitative estimate of drug-likeness (QED) is 0.780. The Hall–Kier alpha value is -3.15. The van der Waals surface area contributed by atoms with Crippen LogP contribution in [-0.4, -0.2) is 23.2 Å². The van der Waals surface area contributed by atoms with E-state index in [2.05, 4.69) is 15.5 Å². The van der Waals surface area contributed by atoms with E-state index < -0.39 is 0 Å². The minimum Gasteiger partial charge on any atom is -0.496 e. The maximum atomic E-state index is 12.4. The van der Waals surface area contributed by atoms with E-state index >= 15 is 0 Å². The summed E-state index contributed by atoms with van der Waals surface area (Å²) in [6, 6.07) is 12.6. The minimum atomic E-state index is -0.313. The summed E-state index contributed by atoms with van der Waals surface area (Å²) < 4.78 is 10.6. The number of nitrogens with zero attached hydrogens (tertiary/aromatic N) is 2. The Morgan fingerprint density at radius 1 is 1.25 bits per heavy atom. The number of nitrogens with one attached hydrogen (secondary N) is 1. The lowest BCUT2D eigenvalue weighted by atomic mass is 10.1. The van der Waals surface area contributed by atoms with E-state index in [9.17, 15) is 4.79 Å². The fraction of sp³-hybridized carbons (Fsp3) is 0.167. The van der Waals surface area contributed by atoms with E-state index in [1.807, 2.05) is 37.3 Å². The molecule has 2 heterocycles. The molecule has 1 atom stereocenters. The number of amides is 1. The fourth-order valence-corrected chi connectivity index (χ4v) is 2.40. The lowest BCUT2D eigenvalue weighted by Gasteiger charge is -2.16. The highest BCUT2D eigenvalue weighted by Crippen LogP contribution is 2.25. The molecular formula is C18H17N3O3. The van der Waals surface area contributed by atoms with Gasteiger partial charge in [-0.05, 0) is 25.1 Å². The molecule has 1 aromatic carbocycles. The fourth-order valence-electron chi connectivity index (χ4n) is 2.40. The Bertz CT molecular complexity index is 830. The van der Waals surface area contributed by atoms with Crippen molar-refractivity contribution in [2.24, 2.45) is 0 Å². The maximum Gasteiger partial charge on any atom is 0.273 e. The largest absolute Gasteiger partial charge is 0.496 e. The summed E-state index contributed by atoms with van der Waals surface area (Å²) in [6.07, 6.45) is 3.32. The van der Waals surface area contributed by atoms with Crippen LogP contribution in [-0.2, 0) is 0 Å². The first kappa shape index (κ1) is 15.7. The first-order valence-corrected chi connectivity index (χ1v) is 7.50. The van der Waals surface area contributed by atoms with Gasteiger partial charge in [-0.2, -0.15) is 0 Å². The number of rotatable bonds is 5. The predicted molar refractivity (Wildman–Crippen MR) is 88.6 cm³/mol. The van der Waals surface area contributed by atoms with Crippen LogP contribution in [0.15, 0.2) is 59.4 Å². The van der Waals surface area contributed by atoms with Gasteiger partial charge in [-0.25, -0.2) is 0 Å². The second-order valence-electron chi connectivity index (χ2n) is 5.26. The van der Waals surface area contributed by atoms with E-state index in [1.54, 1.807) is 31.6 Å². The van der Waals surface area contributed by atoms with E-state index in [-0.39, 0.29) is 17.6 Å². The van der Waals surface area contributed by atoms with Crippen molar-refractivity contribution in [2.75, 3.05) is 7.11 Å². The predicted octanol–water partition coefficient (Wildman–Crippen LogP) is 3.24. The minimum absolute atomic E-state index is 0.218. The number of benzene rings is 1. The summed E-state index contributed by atoms with van der Waals surface area (Å²) in [5.41, 5.74) is 1.88. The molecule has 0 radical (unpaired) electrons. The zero-order valence-corrected chi connectivity index (χ0v) is 13.4. The molecule has 0 bridgehead atoms. The normalized spacial score (nSPS) is 11.8. The Labute approximate surface area is 139 Å². The highest BCUT2D eigenvalue weighted by atomic mass is 16.5. The molecule has 3 aromatic rings. The number of hydrogen-bond donors (Lipinski definition) is 1. The molecule has 1 amide bonds. The van der Waals surface area contributed by atoms with Gasteiger partial charge in [0.1, 0.15) is 5.75 Å². The van der Waals surface area contributed by atoms with Crippen molar-refractivity contribution in [2.45, 2.75) is 13.0 Å². The van der Waals surface area contributed by atoms with Crippen LogP contribution in [0.1, 0.15) is 29.0 Å². The van der Waals surface area contributed by atoms with Gasteiger partial charge in [0.05, 0.1) is 13.2 Å². The molecular weight excluding hydrogens is 306 g/mol. The molecule has 6 nitrogen and oxygen atoms in total. The van der Waals surface area contributed by atoms with Gasteiger partial charge < -0.3 is 14.6 Å². The van der Waals surface area contributed by atoms with Crippen molar-refractivity contribution in [1.82, 2.24) is 15.5 Å². The highest BCUT2D eigenvalue weighted by Gasteiger charge is 2.18. The molecule has 0 aliphatic carbocycles. The number of aromatic nitrogens is 2. The van der Waals surface area contributed by atoms with Gasteiger partial charge >= 0.3 is 0 Å². The molecule has 6 heteroatoms. The molecule has 0 spiro atoms. The van der Waals surface area contributed by atoms with Crippen LogP contribution in [0.3, 0.4) is 0 Å². The average molecular weight is 323 g/mol. The second kappa shape index (κ2) is 6.95. The van der Waals surface area contributed by atoms with E-state index in [1.165, 1.54) is 0 Å². The van der Waals surface area contributed by atoms with Crippen molar-refractivity contribution in [3.05, 3.63) is 66.1 Å². The van der Waals surface area contributed by atoms with Gasteiger partial charge in [0.2, 0.25) is 0 Å². The third kappa shape index (κ3) is 3.27. The maximum absolute atomic E-state index is 12.4. The molecule has 2 aromatic heterocycles. The highest BCUT2D eigenvalue weighted by molar-refractivity contribution is 5.93. The molecule has 0 unspecified atom stereocenters. The molecule has 0 fully saturated rings. The lowest BCUT2D eigenvalue weighted by Crippen LogP contribution is -2.27. The number of para-hydroxylation sites is 1. The van der Waals surface area contributed by atoms with Gasteiger partial charge in [-0.1, -0.05) is 23.4 Å². The molecule has 0 aliphatic heterocycles. The topological polar surface area (TPSA) is 77.2 Å². The Kier molecular flexibility index (Phi) is 4.56. The van der Waals surface area contributed by atoms with Gasteiger partial charge in [-0.15, -0.1) is 0 Å². The van der Waals surface area contributed by atoms with Crippen molar-refractivity contribution in [3.63, 3.8) is 0 Å². The number of ether oxygens (including phenoxy) is 1. The molecule has 1 N–H and O–H groups in total. The Balaban J connectivity index is 1.75. The van der Waals surface area contributed by atoms with E-state index in [0.717, 1.165) is 16.9 Å². The van der Waals surface area contributed by atoms with Crippen LogP contribution >= 0.6 is 0 Å². The third-order valence-electron chi connectivity index (χ3n) is 3.64. The van der Waals surface area contributed by atoms with Crippen LogP contribution in [0.25, 0.3) is 11.3 Å². The van der Waals surface area contributed by atoms with Gasteiger partial charge in [0.25, 0.3) is 5.91 Å². The van der Waals surface area contributed by atoms with Crippen molar-refractivity contribution in [3.8, 4) is 17.1 Å². The zero-order chi connectivity index (χ0) is 16.9. The SMILES string of the molecule is COc1ccccc1[C@H](C)NC(=O)c1cc(-c2cccnc2)on1. The molecule has 3 rings (SSSR count). The Morgan fingerprint density at radius 3 is 2.83 bits per heavy atom. The standard InChI is InChI=1S/C18H17N3O3/c1-12(14-7-3-4-8-16(14)23-2)20-18(22)15-10-17(24-21-15)13-6-5-9-19-11-13/h3-12H,1-2H3,(H,20,22)/t12-/m0/s1. The smallest absolute Gasteiger partial charge is 0.273 e. The van der Waals surface area contributed by atoms with Crippen molar-refractivity contribution >= 4 is 5.91 Å². The number of carbonyl (C=O) groups excluding carboxylic acids is 1. The van der Waals surface area contributed by atoms with Gasteiger partial charge in [0.15, 0.2) is 11.5 Å². The average Bonchev–Trinajstić information content (AvgIpc) is 3.12. The third-order valence-corrected chi connectivity index (χ3v) is 3.64. The van der Waals surface area contributed by atoms with Crippen LogP contribution in [0.4, 0.5) is 0 Å². The van der Waals surface area contributed by atoms with Crippen LogP contribution in [0.5, 0.6) is 5.75 Å². The van der Waals surface area contributed by atoms with Crippen molar-refractivity contribution < 1.29 is 14.1 Å². The summed E-state index contributed by atoms with van der Waals surface area (Å²) in [5.74, 6) is 0.909. The van der Waals surface area contributed by atoms with Gasteiger partial charge in [-0.3, -0.25) is 9.78 Å². The summed E-state index contributed by atoms with van der Waals surface area (Å²) >= 11 is 0. The van der Waals surface area contributed by atoms with E-state index in [4.69, 9.17) is 9.26 Å². The second-order valence-corrected chi connectivity index (χ2v) is 5.26. The number of hydrogen-bond acceptors (Lipinski definition) is 5. The van der Waals surface area contributed by atoms with Crippen LogP contribution in [0, 0.1) is 0 Å². The molecule has 24 heavy (non-hydrogen) atoms. The lowest BCUT2D eigenvalue weighted by molar-refractivity contribution is 0.0930. The van der Waals surface area contributed by atoms with Gasteiger partial charge in [0, 0.05) is 29.6 Å². The van der Waals surface area contributed by atoms with Crippen LogP contribution < -0.4 is 10.1 Å². The Morgan fingerprint density at radius 2 is 2.08 bits per heavy atom. The zero-order valence-electron chi connectivity index (χ0n) is 13.4. The summed E-state index contributed by atoms with van der Waals surface area (Å²) in [7, 11) is 1.60. The number of pyridine rings is 1. The number of methoxy groups -OCH3 is 1. The monoisotopic (exact) mass is 323 g/mol. The number of carbonyl (C=O) groups is 1. The first-order chi connectivity index (χ1) is 11.7. The summed E-state index contributed by atoms with van der Waals surface area (Å²) in [6.45, 7) is 1.89. The molecule has 0 saturated carbocycles. The molecule has 0 aliphatic rings. The first-order valence-electron chi connectivity index (χ1n) is 7.50. The summed E-state index contributed by atoms with van der Waals surface area (Å²) in [5, 5.41) is 6.73. The summed E-state index contributed by atoms with van der Waals surface area (Å²) in [4.78, 5) is 16.4. The van der Waals surface area contributed by atoms with Crippen LogP contribution in [0.2, 0.25) is 0 Å². The molecule has 122 valence electrons. The molecule has 0 saturated heterocycles. The van der Waals surface area contributed by atoms with Crippen molar-refractivity contribution in [1.29, 1.82) is 0 Å².